The van der Waals surface area contributed by atoms with Crippen molar-refractivity contribution in [3.05, 3.63) is 54.1 Å². The number of hydrogen-bond donors (Lipinski definition) is 1. The van der Waals surface area contributed by atoms with Crippen molar-refractivity contribution in [2.24, 2.45) is 0 Å². The van der Waals surface area contributed by atoms with E-state index in [1.54, 1.807) is 31.2 Å². The standard InChI is InChI=1S/C19H19F3N2O3S/c1-3-24(12-17(25)23-13-7-6-8-14(11-13)27-2)18(26)15-9-4-5-10-16(15)28-19(20,21)22/h4-11H,3,12H2,1-2H3,(H,23,25). The van der Waals surface area contributed by atoms with Crippen molar-refractivity contribution in [3.63, 3.8) is 0 Å². The highest BCUT2D eigenvalue weighted by Crippen LogP contribution is 2.38. The fourth-order valence-electron chi connectivity index (χ4n) is 2.43. The molecule has 0 unspecified atom stereocenters. The molecule has 0 aromatic heterocycles. The summed E-state index contributed by atoms with van der Waals surface area (Å²) in [4.78, 5) is 26.0. The molecule has 5 nitrogen and oxygen atoms in total. The lowest BCUT2D eigenvalue weighted by molar-refractivity contribution is -0.116. The molecule has 150 valence electrons. The normalized spacial score (nSPS) is 11.0. The van der Waals surface area contributed by atoms with E-state index in [2.05, 4.69) is 5.32 Å². The summed E-state index contributed by atoms with van der Waals surface area (Å²) in [5.74, 6) is -0.556. The number of halogens is 3. The molecule has 2 aromatic carbocycles. The number of carbonyl (C=O) groups is 2. The number of thioether (sulfide) groups is 1. The molecule has 0 aliphatic carbocycles. The van der Waals surface area contributed by atoms with Crippen LogP contribution in [0.2, 0.25) is 0 Å². The molecule has 28 heavy (non-hydrogen) atoms. The molecule has 2 aromatic rings. The van der Waals surface area contributed by atoms with Crippen molar-refractivity contribution < 1.29 is 27.5 Å². The zero-order valence-electron chi connectivity index (χ0n) is 15.2. The first-order chi connectivity index (χ1) is 13.2. The number of likely N-dealkylation sites (N-methyl/N-ethyl adjacent to an activating group) is 1. The molecular formula is C19H19F3N2O3S. The highest BCUT2D eigenvalue weighted by atomic mass is 32.2. The van der Waals surface area contributed by atoms with Crippen molar-refractivity contribution in [1.29, 1.82) is 0 Å². The van der Waals surface area contributed by atoms with Crippen molar-refractivity contribution >= 4 is 29.3 Å². The zero-order chi connectivity index (χ0) is 20.7. The molecule has 2 amide bonds. The monoisotopic (exact) mass is 412 g/mol. The minimum Gasteiger partial charge on any atom is -0.497 e. The summed E-state index contributed by atoms with van der Waals surface area (Å²) in [6.45, 7) is 1.52. The molecule has 0 radical (unpaired) electrons. The summed E-state index contributed by atoms with van der Waals surface area (Å²) < 4.78 is 43.3. The summed E-state index contributed by atoms with van der Waals surface area (Å²) in [5.41, 5.74) is -4.13. The van der Waals surface area contributed by atoms with Gasteiger partial charge < -0.3 is 15.0 Å². The maximum atomic E-state index is 12.7. The number of alkyl halides is 3. The van der Waals surface area contributed by atoms with Crippen molar-refractivity contribution in [1.82, 2.24) is 4.90 Å². The molecule has 0 aliphatic rings. The molecule has 0 atom stereocenters. The molecule has 0 heterocycles. The Kier molecular flexibility index (Phi) is 7.33. The van der Waals surface area contributed by atoms with Crippen LogP contribution < -0.4 is 10.1 Å². The van der Waals surface area contributed by atoms with Crippen LogP contribution in [0.15, 0.2) is 53.4 Å². The van der Waals surface area contributed by atoms with Crippen LogP contribution in [0.1, 0.15) is 17.3 Å². The highest BCUT2D eigenvalue weighted by molar-refractivity contribution is 8.00. The van der Waals surface area contributed by atoms with Gasteiger partial charge >= 0.3 is 5.51 Å². The molecule has 9 heteroatoms. The smallest absolute Gasteiger partial charge is 0.446 e. The number of hydrogen-bond acceptors (Lipinski definition) is 4. The maximum absolute atomic E-state index is 12.7. The quantitative estimate of drug-likeness (QED) is 0.685. The van der Waals surface area contributed by atoms with Crippen LogP contribution >= 0.6 is 11.8 Å². The third-order valence-corrected chi connectivity index (χ3v) is 4.51. The molecular weight excluding hydrogens is 393 g/mol. The molecule has 0 spiro atoms. The van der Waals surface area contributed by atoms with Gasteiger partial charge in [0.1, 0.15) is 12.3 Å². The van der Waals surface area contributed by atoms with E-state index in [9.17, 15) is 22.8 Å². The minimum atomic E-state index is -4.52. The summed E-state index contributed by atoms with van der Waals surface area (Å²) in [7, 11) is 1.49. The van der Waals surface area contributed by atoms with Gasteiger partial charge in [-0.15, -0.1) is 0 Å². The van der Waals surface area contributed by atoms with Crippen LogP contribution in [0, 0.1) is 0 Å². The summed E-state index contributed by atoms with van der Waals surface area (Å²) in [6, 6.07) is 12.1. The largest absolute Gasteiger partial charge is 0.497 e. The van der Waals surface area contributed by atoms with Gasteiger partial charge in [0.15, 0.2) is 0 Å². The fourth-order valence-corrected chi connectivity index (χ4v) is 3.09. The summed E-state index contributed by atoms with van der Waals surface area (Å²) in [5, 5.41) is 2.64. The second-order valence-electron chi connectivity index (χ2n) is 5.64. The minimum absolute atomic E-state index is 0.0964. The molecule has 0 aliphatic heterocycles. The molecule has 0 bridgehead atoms. The lowest BCUT2D eigenvalue weighted by atomic mass is 10.2. The van der Waals surface area contributed by atoms with Gasteiger partial charge in [-0.2, -0.15) is 13.2 Å². The number of rotatable bonds is 7. The lowest BCUT2D eigenvalue weighted by Gasteiger charge is -2.22. The number of anilines is 1. The molecule has 0 saturated carbocycles. The SMILES string of the molecule is CCN(CC(=O)Nc1cccc(OC)c1)C(=O)c1ccccc1SC(F)(F)F. The molecule has 0 fully saturated rings. The Labute approximate surface area is 164 Å². The number of methoxy groups -OCH3 is 1. The zero-order valence-corrected chi connectivity index (χ0v) is 16.1. The van der Waals surface area contributed by atoms with E-state index < -0.39 is 17.3 Å². The Hall–Kier alpha value is -2.68. The average Bonchev–Trinajstić information content (AvgIpc) is 2.65. The topological polar surface area (TPSA) is 58.6 Å². The summed E-state index contributed by atoms with van der Waals surface area (Å²) in [6.07, 6.45) is 0. The number of nitrogens with zero attached hydrogens (tertiary/aromatic N) is 1. The second-order valence-corrected chi connectivity index (χ2v) is 6.75. The van der Waals surface area contributed by atoms with Crippen LogP contribution in [-0.4, -0.2) is 42.4 Å². The second kappa shape index (κ2) is 9.50. The van der Waals surface area contributed by atoms with Crippen molar-refractivity contribution in [2.45, 2.75) is 17.3 Å². The first-order valence-corrected chi connectivity index (χ1v) is 9.13. The lowest BCUT2D eigenvalue weighted by Crippen LogP contribution is -2.38. The third kappa shape index (κ3) is 6.19. The number of benzene rings is 2. The maximum Gasteiger partial charge on any atom is 0.446 e. The molecule has 2 rings (SSSR count). The molecule has 1 N–H and O–H groups in total. The highest BCUT2D eigenvalue weighted by Gasteiger charge is 2.32. The first kappa shape index (κ1) is 21.6. The van der Waals surface area contributed by atoms with Crippen molar-refractivity contribution in [3.8, 4) is 5.75 Å². The predicted molar refractivity (Wildman–Crippen MR) is 102 cm³/mol. The predicted octanol–water partition coefficient (Wildman–Crippen LogP) is 4.41. The van der Waals surface area contributed by atoms with Crippen molar-refractivity contribution in [2.75, 3.05) is 25.5 Å². The van der Waals surface area contributed by atoms with Gasteiger partial charge in [-0.25, -0.2) is 0 Å². The van der Waals surface area contributed by atoms with Crippen LogP contribution in [0.5, 0.6) is 5.75 Å². The van der Waals surface area contributed by atoms with Gasteiger partial charge in [-0.1, -0.05) is 18.2 Å². The fraction of sp³-hybridized carbons (Fsp3) is 0.263. The van der Waals surface area contributed by atoms with Gasteiger partial charge in [0.25, 0.3) is 5.91 Å². The van der Waals surface area contributed by atoms with Gasteiger partial charge in [-0.05, 0) is 43.0 Å². The molecule has 0 saturated heterocycles. The number of nitrogens with one attached hydrogen (secondary N) is 1. The van der Waals surface area contributed by atoms with E-state index >= 15 is 0 Å². The first-order valence-electron chi connectivity index (χ1n) is 8.31. The number of carbonyl (C=O) groups excluding carboxylic acids is 2. The van der Waals surface area contributed by atoms with Crippen LogP contribution in [-0.2, 0) is 4.79 Å². The van der Waals surface area contributed by atoms with Crippen LogP contribution in [0.25, 0.3) is 0 Å². The Balaban J connectivity index is 2.12. The summed E-state index contributed by atoms with van der Waals surface area (Å²) >= 11 is -0.353. The van der Waals surface area contributed by atoms with E-state index in [4.69, 9.17) is 4.74 Å². The van der Waals surface area contributed by atoms with E-state index in [-0.39, 0.29) is 35.3 Å². The number of ether oxygens (including phenoxy) is 1. The van der Waals surface area contributed by atoms with Crippen LogP contribution in [0.4, 0.5) is 18.9 Å². The number of amides is 2. The van der Waals surface area contributed by atoms with Gasteiger partial charge in [0.2, 0.25) is 5.91 Å². The van der Waals surface area contributed by atoms with Crippen LogP contribution in [0.3, 0.4) is 0 Å². The van der Waals surface area contributed by atoms with Gasteiger partial charge in [-0.3, -0.25) is 9.59 Å². The van der Waals surface area contributed by atoms with E-state index in [0.29, 0.717) is 11.4 Å². The average molecular weight is 412 g/mol. The Morgan fingerprint density at radius 3 is 2.50 bits per heavy atom. The Bertz CT molecular complexity index is 843. The van der Waals surface area contributed by atoms with E-state index in [0.717, 1.165) is 0 Å². The third-order valence-electron chi connectivity index (χ3n) is 3.70. The van der Waals surface area contributed by atoms with E-state index in [1.807, 2.05) is 0 Å². The van der Waals surface area contributed by atoms with E-state index in [1.165, 1.54) is 36.3 Å². The Morgan fingerprint density at radius 1 is 1.14 bits per heavy atom. The Morgan fingerprint density at radius 2 is 1.86 bits per heavy atom. The van der Waals surface area contributed by atoms with Gasteiger partial charge in [0.05, 0.1) is 12.7 Å². The van der Waals surface area contributed by atoms with Gasteiger partial charge in [0, 0.05) is 23.2 Å².